The smallest absolute Gasteiger partial charge is 0.165 e. The zero-order valence-electron chi connectivity index (χ0n) is 12.1. The first-order chi connectivity index (χ1) is 10.6. The maximum Gasteiger partial charge on any atom is 0.165 e. The average Bonchev–Trinajstić information content (AvgIpc) is 2.95. The van der Waals surface area contributed by atoms with Gasteiger partial charge < -0.3 is 10.2 Å². The lowest BCUT2D eigenvalue weighted by molar-refractivity contribution is 0.143. The van der Waals surface area contributed by atoms with Gasteiger partial charge in [-0.15, -0.1) is 5.73 Å². The van der Waals surface area contributed by atoms with Gasteiger partial charge in [0, 0.05) is 24.5 Å². The number of phenols is 1. The molecular weight excluding hydrogens is 283 g/mol. The van der Waals surface area contributed by atoms with Gasteiger partial charge in [-0.25, -0.2) is 4.39 Å². The number of nitrogens with one attached hydrogen (secondary N) is 1. The first-order valence-corrected chi connectivity index (χ1v) is 6.81. The molecule has 4 nitrogen and oxygen atoms in total. The monoisotopic (exact) mass is 300 g/mol. The maximum atomic E-state index is 13.3. The molecule has 114 valence electrons. The summed E-state index contributed by atoms with van der Waals surface area (Å²) in [5, 5.41) is 22.1. The Balaban J connectivity index is 2.00. The molecule has 1 atom stereocenters. The zero-order chi connectivity index (χ0) is 15.9. The van der Waals surface area contributed by atoms with Crippen molar-refractivity contribution in [3.05, 3.63) is 70.9 Å². The molecule has 0 fully saturated rings. The minimum atomic E-state index is -1.04. The highest BCUT2D eigenvalue weighted by atomic mass is 19.1. The summed E-state index contributed by atoms with van der Waals surface area (Å²) >= 11 is 0. The van der Waals surface area contributed by atoms with Crippen LogP contribution < -0.4 is 5.32 Å². The normalized spacial score (nSPS) is 15.6. The van der Waals surface area contributed by atoms with E-state index in [4.69, 9.17) is 5.11 Å². The first-order valence-electron chi connectivity index (χ1n) is 6.81. The lowest BCUT2D eigenvalue weighted by atomic mass is 10.1. The number of nitrogens with zero attached hydrogens (tertiary/aromatic N) is 1. The second kappa shape index (κ2) is 7.52. The molecule has 5 heteroatoms. The molecule has 0 aliphatic heterocycles. The van der Waals surface area contributed by atoms with E-state index >= 15 is 0 Å². The number of rotatable bonds is 6. The van der Waals surface area contributed by atoms with Crippen molar-refractivity contribution in [3.63, 3.8) is 0 Å². The van der Waals surface area contributed by atoms with Gasteiger partial charge in [-0.2, -0.15) is 0 Å². The van der Waals surface area contributed by atoms with Crippen LogP contribution in [0.3, 0.4) is 0 Å². The SMILES string of the molecule is C/C=C\N=CC1=C(CNC(O)c2ccc(O)c(F)c2)C=C=C1. The lowest BCUT2D eigenvalue weighted by Crippen LogP contribution is -2.23. The standard InChI is InChI=1S/C17H17FN2O2/c1-2-8-19-10-13-4-3-5-14(13)11-20-17(22)12-6-7-16(21)15(18)9-12/h2,4-10,17,20-22H,11H2,1H3/b8-2-,19-10?. The van der Waals surface area contributed by atoms with Crippen LogP contribution in [0.15, 0.2) is 64.5 Å². The van der Waals surface area contributed by atoms with Gasteiger partial charge in [-0.3, -0.25) is 10.3 Å². The summed E-state index contributed by atoms with van der Waals surface area (Å²) in [4.78, 5) is 4.11. The minimum absolute atomic E-state index is 0.343. The van der Waals surface area contributed by atoms with E-state index in [2.05, 4.69) is 16.0 Å². The molecule has 1 aliphatic rings. The fourth-order valence-corrected chi connectivity index (χ4v) is 1.91. The highest BCUT2D eigenvalue weighted by Crippen LogP contribution is 2.20. The molecule has 2 rings (SSSR count). The first kappa shape index (κ1) is 15.9. The van der Waals surface area contributed by atoms with E-state index in [0.29, 0.717) is 12.1 Å². The molecule has 0 aromatic heterocycles. The highest BCUT2D eigenvalue weighted by Gasteiger charge is 2.11. The van der Waals surface area contributed by atoms with Crippen LogP contribution in [0, 0.1) is 5.82 Å². The number of phenolic OH excluding ortho intramolecular Hbond substituents is 1. The number of hydrogen-bond acceptors (Lipinski definition) is 4. The molecule has 0 saturated heterocycles. The maximum absolute atomic E-state index is 13.3. The van der Waals surface area contributed by atoms with Crippen molar-refractivity contribution in [1.29, 1.82) is 0 Å². The van der Waals surface area contributed by atoms with Gasteiger partial charge in [0.25, 0.3) is 0 Å². The second-order valence-corrected chi connectivity index (χ2v) is 4.69. The van der Waals surface area contributed by atoms with E-state index in [0.717, 1.165) is 17.2 Å². The minimum Gasteiger partial charge on any atom is -0.505 e. The Morgan fingerprint density at radius 3 is 2.95 bits per heavy atom. The molecule has 1 aromatic rings. The second-order valence-electron chi connectivity index (χ2n) is 4.69. The molecule has 0 heterocycles. The van der Waals surface area contributed by atoms with E-state index in [1.165, 1.54) is 12.1 Å². The Labute approximate surface area is 128 Å². The van der Waals surface area contributed by atoms with Crippen LogP contribution in [0.5, 0.6) is 5.75 Å². The molecule has 1 aromatic carbocycles. The quantitative estimate of drug-likeness (QED) is 0.430. The van der Waals surface area contributed by atoms with Crippen molar-refractivity contribution in [2.75, 3.05) is 6.54 Å². The van der Waals surface area contributed by atoms with Crippen molar-refractivity contribution in [1.82, 2.24) is 5.32 Å². The summed E-state index contributed by atoms with van der Waals surface area (Å²) < 4.78 is 13.3. The summed E-state index contributed by atoms with van der Waals surface area (Å²) in [6, 6.07) is 3.77. The van der Waals surface area contributed by atoms with Crippen molar-refractivity contribution < 1.29 is 14.6 Å². The average molecular weight is 300 g/mol. The predicted octanol–water partition coefficient (Wildman–Crippen LogP) is 2.74. The number of halogens is 1. The largest absolute Gasteiger partial charge is 0.505 e. The lowest BCUT2D eigenvalue weighted by Gasteiger charge is -2.14. The molecule has 22 heavy (non-hydrogen) atoms. The number of allylic oxidation sites excluding steroid dienone is 2. The van der Waals surface area contributed by atoms with Crippen molar-refractivity contribution in [3.8, 4) is 5.75 Å². The van der Waals surface area contributed by atoms with Gasteiger partial charge in [0.1, 0.15) is 6.23 Å². The zero-order valence-corrected chi connectivity index (χ0v) is 12.1. The van der Waals surface area contributed by atoms with Gasteiger partial charge in [0.15, 0.2) is 11.6 Å². The van der Waals surface area contributed by atoms with Gasteiger partial charge in [0.05, 0.1) is 0 Å². The summed E-state index contributed by atoms with van der Waals surface area (Å²) in [5.41, 5.74) is 5.14. The predicted molar refractivity (Wildman–Crippen MR) is 84.0 cm³/mol. The summed E-state index contributed by atoms with van der Waals surface area (Å²) in [6.45, 7) is 2.26. The fraction of sp³-hybridized carbons (Fsp3) is 0.176. The third-order valence-corrected chi connectivity index (χ3v) is 3.09. The molecule has 1 unspecified atom stereocenters. The van der Waals surface area contributed by atoms with Crippen LogP contribution in [0.2, 0.25) is 0 Å². The van der Waals surface area contributed by atoms with E-state index < -0.39 is 17.8 Å². The van der Waals surface area contributed by atoms with Gasteiger partial charge in [-0.05, 0) is 42.3 Å². The highest BCUT2D eigenvalue weighted by molar-refractivity contribution is 5.85. The number of aliphatic hydroxyl groups excluding tert-OH is 1. The van der Waals surface area contributed by atoms with Crippen LogP contribution >= 0.6 is 0 Å². The number of aromatic hydroxyl groups is 1. The topological polar surface area (TPSA) is 64.9 Å². The molecule has 0 spiro atoms. The Kier molecular flexibility index (Phi) is 5.44. The van der Waals surface area contributed by atoms with Gasteiger partial charge >= 0.3 is 0 Å². The van der Waals surface area contributed by atoms with Crippen LogP contribution in [0.25, 0.3) is 0 Å². The summed E-state index contributed by atoms with van der Waals surface area (Å²) in [7, 11) is 0. The van der Waals surface area contributed by atoms with Crippen LogP contribution in [-0.4, -0.2) is 23.0 Å². The Morgan fingerprint density at radius 2 is 2.23 bits per heavy atom. The number of benzene rings is 1. The van der Waals surface area contributed by atoms with E-state index in [1.807, 2.05) is 13.0 Å². The van der Waals surface area contributed by atoms with Crippen LogP contribution in [0.4, 0.5) is 4.39 Å². The number of hydrogen-bond donors (Lipinski definition) is 3. The van der Waals surface area contributed by atoms with E-state index in [9.17, 15) is 9.50 Å². The van der Waals surface area contributed by atoms with E-state index in [-0.39, 0.29) is 0 Å². The van der Waals surface area contributed by atoms with Crippen LogP contribution in [-0.2, 0) is 0 Å². The summed E-state index contributed by atoms with van der Waals surface area (Å²) in [5.74, 6) is -1.21. The molecule has 0 saturated carbocycles. The van der Waals surface area contributed by atoms with E-state index in [1.54, 1.807) is 24.6 Å². The van der Waals surface area contributed by atoms with Crippen molar-refractivity contribution in [2.24, 2.45) is 4.99 Å². The molecule has 0 bridgehead atoms. The van der Waals surface area contributed by atoms with Crippen molar-refractivity contribution >= 4 is 6.21 Å². The third kappa shape index (κ3) is 4.02. The van der Waals surface area contributed by atoms with Gasteiger partial charge in [0.2, 0.25) is 0 Å². The molecule has 0 radical (unpaired) electrons. The van der Waals surface area contributed by atoms with Crippen LogP contribution in [0.1, 0.15) is 18.7 Å². The Bertz CT molecular complexity index is 699. The van der Waals surface area contributed by atoms with Crippen molar-refractivity contribution in [2.45, 2.75) is 13.2 Å². The number of aliphatic imine (C=N–C) groups is 1. The summed E-state index contributed by atoms with van der Waals surface area (Å²) in [6.07, 6.45) is 7.78. The fourth-order valence-electron chi connectivity index (χ4n) is 1.91. The molecular formula is C17H17FN2O2. The number of aliphatic hydroxyl groups is 1. The Hall–Kier alpha value is -2.46. The third-order valence-electron chi connectivity index (χ3n) is 3.09. The van der Waals surface area contributed by atoms with Gasteiger partial charge in [-0.1, -0.05) is 12.1 Å². The molecule has 3 N–H and O–H groups in total. The Morgan fingerprint density at radius 1 is 1.41 bits per heavy atom. The molecule has 0 amide bonds. The molecule has 1 aliphatic carbocycles.